The molecule has 37 heavy (non-hydrogen) atoms. The van der Waals surface area contributed by atoms with Crippen LogP contribution in [0.4, 0.5) is 0 Å². The smallest absolute Gasteiger partial charge is 0.326 e. The fraction of sp³-hybridized carbons (Fsp3) is 0.355. The summed E-state index contributed by atoms with van der Waals surface area (Å²) in [5.74, 6) is 0.0261. The zero-order valence-corrected chi connectivity index (χ0v) is 21.2. The van der Waals surface area contributed by atoms with Crippen molar-refractivity contribution in [3.8, 4) is 11.5 Å². The van der Waals surface area contributed by atoms with E-state index < -0.39 is 17.4 Å². The Bertz CT molecular complexity index is 1250. The van der Waals surface area contributed by atoms with Gasteiger partial charge in [0.1, 0.15) is 12.6 Å². The molecule has 1 amide bonds. The van der Waals surface area contributed by atoms with Gasteiger partial charge in [-0.1, -0.05) is 86.0 Å². The number of nitrogens with zero attached hydrogens (tertiary/aromatic N) is 1. The minimum atomic E-state index is -1.00. The van der Waals surface area contributed by atoms with Crippen LogP contribution in [0.1, 0.15) is 54.4 Å². The molecule has 0 saturated heterocycles. The quantitative estimate of drug-likeness (QED) is 0.464. The average molecular weight is 500 g/mol. The average Bonchev–Trinajstić information content (AvgIpc) is 2.96. The Labute approximate surface area is 217 Å². The van der Waals surface area contributed by atoms with E-state index in [4.69, 9.17) is 9.47 Å². The van der Waals surface area contributed by atoms with Crippen molar-refractivity contribution in [3.05, 3.63) is 95.1 Å². The molecule has 1 atom stereocenters. The van der Waals surface area contributed by atoms with Crippen LogP contribution < -0.4 is 9.47 Å². The summed E-state index contributed by atoms with van der Waals surface area (Å²) < 4.78 is 11.8. The Hall–Kier alpha value is -3.80. The number of amides is 1. The van der Waals surface area contributed by atoms with E-state index >= 15 is 0 Å². The number of rotatable bonds is 7. The van der Waals surface area contributed by atoms with Crippen molar-refractivity contribution in [2.24, 2.45) is 0 Å². The molecule has 1 unspecified atom stereocenters. The molecule has 1 heterocycles. The summed E-state index contributed by atoms with van der Waals surface area (Å²) in [4.78, 5) is 28.5. The molecule has 0 spiro atoms. The van der Waals surface area contributed by atoms with Crippen LogP contribution in [0.15, 0.2) is 72.8 Å². The number of hydrogen-bond donors (Lipinski definition) is 1. The van der Waals surface area contributed by atoms with Crippen LogP contribution >= 0.6 is 0 Å². The maximum atomic E-state index is 14.3. The Morgan fingerprint density at radius 3 is 2.27 bits per heavy atom. The van der Waals surface area contributed by atoms with Gasteiger partial charge in [0.15, 0.2) is 11.5 Å². The molecule has 5 rings (SSSR count). The normalized spacial score (nSPS) is 18.5. The fourth-order valence-electron chi connectivity index (χ4n) is 5.91. The summed E-state index contributed by atoms with van der Waals surface area (Å²) >= 11 is 0. The van der Waals surface area contributed by atoms with E-state index in [0.29, 0.717) is 18.1 Å². The molecular formula is C31H33NO5. The van der Waals surface area contributed by atoms with Crippen LogP contribution in [-0.2, 0) is 34.6 Å². The maximum absolute atomic E-state index is 14.3. The molecule has 0 aromatic heterocycles. The van der Waals surface area contributed by atoms with Crippen LogP contribution in [-0.4, -0.2) is 35.0 Å². The fourth-order valence-corrected chi connectivity index (χ4v) is 5.91. The van der Waals surface area contributed by atoms with Gasteiger partial charge < -0.3 is 19.5 Å². The van der Waals surface area contributed by atoms with Gasteiger partial charge in [-0.05, 0) is 35.6 Å². The SMILES string of the molecule is COc1ccc2c(c1OCc1ccccc1)CC(C(=O)O)N(C(=O)C1(c3ccccc3)CCCCC1)C2. The van der Waals surface area contributed by atoms with E-state index in [2.05, 4.69) is 0 Å². The third-order valence-corrected chi connectivity index (χ3v) is 7.87. The zero-order chi connectivity index (χ0) is 25.8. The highest BCUT2D eigenvalue weighted by molar-refractivity contribution is 5.92. The number of aliphatic carboxylic acids is 1. The molecule has 2 aliphatic rings. The molecule has 6 nitrogen and oxygen atoms in total. The highest BCUT2D eigenvalue weighted by Crippen LogP contribution is 2.44. The molecule has 192 valence electrons. The first-order valence-electron chi connectivity index (χ1n) is 13.0. The lowest BCUT2D eigenvalue weighted by atomic mass is 9.68. The molecule has 0 bridgehead atoms. The second-order valence-corrected chi connectivity index (χ2v) is 10.0. The van der Waals surface area contributed by atoms with Crippen molar-refractivity contribution in [1.82, 2.24) is 4.90 Å². The molecule has 1 fully saturated rings. The Balaban J connectivity index is 1.51. The van der Waals surface area contributed by atoms with E-state index in [1.807, 2.05) is 72.8 Å². The van der Waals surface area contributed by atoms with E-state index in [-0.39, 0.29) is 18.9 Å². The molecule has 1 N–H and O–H groups in total. The van der Waals surface area contributed by atoms with Gasteiger partial charge in [0.25, 0.3) is 0 Å². The van der Waals surface area contributed by atoms with E-state index in [0.717, 1.165) is 54.4 Å². The number of carbonyl (C=O) groups is 2. The van der Waals surface area contributed by atoms with Crippen LogP contribution in [0.25, 0.3) is 0 Å². The minimum Gasteiger partial charge on any atom is -0.493 e. The molecule has 1 saturated carbocycles. The lowest BCUT2D eigenvalue weighted by Gasteiger charge is -2.44. The summed E-state index contributed by atoms with van der Waals surface area (Å²) in [5, 5.41) is 10.3. The third kappa shape index (κ3) is 4.80. The lowest BCUT2D eigenvalue weighted by Crippen LogP contribution is -2.56. The number of carboxylic acid groups (broad SMARTS) is 1. The predicted molar refractivity (Wildman–Crippen MR) is 141 cm³/mol. The topological polar surface area (TPSA) is 76.1 Å². The van der Waals surface area contributed by atoms with E-state index in [1.54, 1.807) is 12.0 Å². The number of methoxy groups -OCH3 is 1. The lowest BCUT2D eigenvalue weighted by molar-refractivity contribution is -0.155. The number of carboxylic acids is 1. The molecule has 0 radical (unpaired) electrons. The largest absolute Gasteiger partial charge is 0.493 e. The van der Waals surface area contributed by atoms with Gasteiger partial charge in [0, 0.05) is 18.5 Å². The van der Waals surface area contributed by atoms with Gasteiger partial charge in [0.2, 0.25) is 5.91 Å². The minimum absolute atomic E-state index is 0.0842. The first-order chi connectivity index (χ1) is 18.0. The molecule has 6 heteroatoms. The van der Waals surface area contributed by atoms with Gasteiger partial charge in [-0.3, -0.25) is 4.79 Å². The number of hydrogen-bond acceptors (Lipinski definition) is 4. The number of ether oxygens (including phenoxy) is 2. The van der Waals surface area contributed by atoms with Crippen LogP contribution in [0.2, 0.25) is 0 Å². The van der Waals surface area contributed by atoms with Crippen molar-refractivity contribution < 1.29 is 24.2 Å². The first-order valence-corrected chi connectivity index (χ1v) is 13.0. The second-order valence-electron chi connectivity index (χ2n) is 10.0. The summed E-state index contributed by atoms with van der Waals surface area (Å²) in [6, 6.07) is 22.5. The van der Waals surface area contributed by atoms with Gasteiger partial charge in [0.05, 0.1) is 12.5 Å². The van der Waals surface area contributed by atoms with Gasteiger partial charge >= 0.3 is 5.97 Å². The van der Waals surface area contributed by atoms with Crippen LogP contribution in [0.5, 0.6) is 11.5 Å². The van der Waals surface area contributed by atoms with Gasteiger partial charge in [-0.2, -0.15) is 0 Å². The Kier molecular flexibility index (Phi) is 7.17. The Morgan fingerprint density at radius 2 is 1.62 bits per heavy atom. The van der Waals surface area contributed by atoms with Crippen molar-refractivity contribution in [2.45, 2.75) is 63.1 Å². The van der Waals surface area contributed by atoms with Crippen molar-refractivity contribution in [1.29, 1.82) is 0 Å². The zero-order valence-electron chi connectivity index (χ0n) is 21.2. The summed E-state index contributed by atoms with van der Waals surface area (Å²) in [7, 11) is 1.58. The van der Waals surface area contributed by atoms with Crippen molar-refractivity contribution >= 4 is 11.9 Å². The molecule has 3 aromatic rings. The van der Waals surface area contributed by atoms with Gasteiger partial charge in [-0.25, -0.2) is 4.79 Å². The van der Waals surface area contributed by atoms with E-state index in [9.17, 15) is 14.7 Å². The van der Waals surface area contributed by atoms with Crippen molar-refractivity contribution in [3.63, 3.8) is 0 Å². The van der Waals surface area contributed by atoms with Crippen LogP contribution in [0, 0.1) is 0 Å². The molecule has 1 aliphatic carbocycles. The van der Waals surface area contributed by atoms with Gasteiger partial charge in [-0.15, -0.1) is 0 Å². The highest BCUT2D eigenvalue weighted by Gasteiger charge is 2.47. The monoisotopic (exact) mass is 499 g/mol. The summed E-state index contributed by atoms with van der Waals surface area (Å²) in [5.41, 5.74) is 2.99. The van der Waals surface area contributed by atoms with Crippen molar-refractivity contribution in [2.75, 3.05) is 7.11 Å². The third-order valence-electron chi connectivity index (χ3n) is 7.87. The standard InChI is InChI=1S/C31H33NO5/c1-36-27-16-15-23-20-32(30(35)31(17-9-4-10-18-31)24-13-7-3-8-14-24)26(29(33)34)19-25(23)28(27)37-21-22-11-5-2-6-12-22/h2-3,5-8,11-16,26H,4,9-10,17-21H2,1H3,(H,33,34). The number of benzene rings is 3. The highest BCUT2D eigenvalue weighted by atomic mass is 16.5. The number of carbonyl (C=O) groups excluding carboxylic acids is 1. The molecule has 3 aromatic carbocycles. The molecule has 1 aliphatic heterocycles. The Morgan fingerprint density at radius 1 is 0.946 bits per heavy atom. The molecular weight excluding hydrogens is 466 g/mol. The first kappa shape index (κ1) is 24.9. The predicted octanol–water partition coefficient (Wildman–Crippen LogP) is 5.51. The van der Waals surface area contributed by atoms with Crippen LogP contribution in [0.3, 0.4) is 0 Å². The summed E-state index contributed by atoms with van der Waals surface area (Å²) in [6.45, 7) is 0.566. The van der Waals surface area contributed by atoms with E-state index in [1.165, 1.54) is 0 Å². The maximum Gasteiger partial charge on any atom is 0.326 e. The number of fused-ring (bicyclic) bond motifs is 1. The second kappa shape index (κ2) is 10.7. The summed E-state index contributed by atoms with van der Waals surface area (Å²) in [6.07, 6.45) is 4.64.